The number of amides is 1. The van der Waals surface area contributed by atoms with Crippen LogP contribution in [0.2, 0.25) is 0 Å². The second-order valence-electron chi connectivity index (χ2n) is 4.69. The highest BCUT2D eigenvalue weighted by molar-refractivity contribution is 14.1. The largest absolute Gasteiger partial charge is 0.316 e. The van der Waals surface area contributed by atoms with Crippen molar-refractivity contribution in [3.05, 3.63) is 81.9 Å². The molecule has 3 aromatic rings. The molecular weight excluding hydrogens is 403 g/mol. The van der Waals surface area contributed by atoms with Gasteiger partial charge in [0.25, 0.3) is 5.91 Å². The van der Waals surface area contributed by atoms with Crippen molar-refractivity contribution in [2.45, 2.75) is 0 Å². The van der Waals surface area contributed by atoms with Gasteiger partial charge in [-0.2, -0.15) is 5.10 Å². The Morgan fingerprint density at radius 3 is 2.70 bits per heavy atom. The summed E-state index contributed by atoms with van der Waals surface area (Å²) in [7, 11) is 0. The molecular formula is C17H13IN4O. The van der Waals surface area contributed by atoms with Gasteiger partial charge >= 0.3 is 0 Å². The number of halogens is 1. The number of carbonyl (C=O) groups excluding carboxylic acids is 1. The van der Waals surface area contributed by atoms with Gasteiger partial charge < -0.3 is 4.57 Å². The molecule has 5 nitrogen and oxygen atoms in total. The van der Waals surface area contributed by atoms with Crippen LogP contribution in [0.15, 0.2) is 72.1 Å². The van der Waals surface area contributed by atoms with Crippen molar-refractivity contribution < 1.29 is 4.79 Å². The van der Waals surface area contributed by atoms with E-state index in [1.807, 2.05) is 47.2 Å². The molecule has 0 spiro atoms. The monoisotopic (exact) mass is 416 g/mol. The van der Waals surface area contributed by atoms with Crippen LogP contribution in [0, 0.1) is 3.57 Å². The van der Waals surface area contributed by atoms with E-state index in [-0.39, 0.29) is 5.91 Å². The third-order valence-electron chi connectivity index (χ3n) is 3.15. The van der Waals surface area contributed by atoms with Crippen LogP contribution in [0.5, 0.6) is 0 Å². The summed E-state index contributed by atoms with van der Waals surface area (Å²) < 4.78 is 3.17. The van der Waals surface area contributed by atoms with Gasteiger partial charge in [0, 0.05) is 21.7 Å². The van der Waals surface area contributed by atoms with Gasteiger partial charge in [0.15, 0.2) is 0 Å². The minimum atomic E-state index is -0.339. The van der Waals surface area contributed by atoms with Crippen LogP contribution in [-0.2, 0) is 0 Å². The summed E-state index contributed by atoms with van der Waals surface area (Å²) in [5.74, 6) is -0.339. The summed E-state index contributed by atoms with van der Waals surface area (Å²) >= 11 is 2.27. The fourth-order valence-corrected chi connectivity index (χ4v) is 2.41. The number of rotatable bonds is 4. The molecule has 0 aliphatic heterocycles. The average Bonchev–Trinajstić information content (AvgIpc) is 3.05. The Labute approximate surface area is 147 Å². The summed E-state index contributed by atoms with van der Waals surface area (Å²) in [5.41, 5.74) is 4.71. The molecule has 6 heteroatoms. The number of pyridine rings is 1. The minimum Gasteiger partial charge on any atom is -0.316 e. The van der Waals surface area contributed by atoms with Gasteiger partial charge in [-0.15, -0.1) is 0 Å². The molecule has 0 unspecified atom stereocenters. The Kier molecular flexibility index (Phi) is 4.82. The summed E-state index contributed by atoms with van der Waals surface area (Å²) in [6.45, 7) is 0. The van der Waals surface area contributed by atoms with Crippen LogP contribution in [-0.4, -0.2) is 21.7 Å². The number of aromatic nitrogens is 2. The minimum absolute atomic E-state index is 0.331. The number of hydrogen-bond acceptors (Lipinski definition) is 3. The van der Waals surface area contributed by atoms with Crippen molar-refractivity contribution in [2.75, 3.05) is 0 Å². The molecule has 0 atom stereocenters. The first-order valence-corrected chi connectivity index (χ1v) is 7.99. The van der Waals surface area contributed by atoms with Crippen molar-refractivity contribution in [3.63, 3.8) is 0 Å². The van der Waals surface area contributed by atoms with Crippen molar-refractivity contribution in [1.29, 1.82) is 0 Å². The standard InChI is InChI=1S/C17H13IN4O/c18-13-6-8-14(9-7-13)22-11-3-4-15(22)12-20-21-17(23)16-5-1-2-10-19-16/h1-12H,(H,21,23)/b20-12-. The second kappa shape index (κ2) is 7.19. The molecule has 1 aromatic carbocycles. The molecule has 1 amide bonds. The molecule has 2 aromatic heterocycles. The van der Waals surface area contributed by atoms with E-state index in [4.69, 9.17) is 0 Å². The van der Waals surface area contributed by atoms with E-state index in [0.29, 0.717) is 5.69 Å². The molecule has 114 valence electrons. The van der Waals surface area contributed by atoms with Crippen LogP contribution in [0.1, 0.15) is 16.2 Å². The molecule has 3 rings (SSSR count). The Bertz CT molecular complexity index is 825. The lowest BCUT2D eigenvalue weighted by atomic mass is 10.3. The van der Waals surface area contributed by atoms with E-state index in [1.54, 1.807) is 30.6 Å². The predicted octanol–water partition coefficient (Wildman–Crippen LogP) is 3.24. The normalized spacial score (nSPS) is 10.8. The first-order chi connectivity index (χ1) is 11.2. The lowest BCUT2D eigenvalue weighted by Crippen LogP contribution is -2.18. The number of nitrogens with zero attached hydrogens (tertiary/aromatic N) is 3. The smallest absolute Gasteiger partial charge is 0.289 e. The van der Waals surface area contributed by atoms with E-state index in [1.165, 1.54) is 3.57 Å². The highest BCUT2D eigenvalue weighted by Crippen LogP contribution is 2.13. The number of carbonyl (C=O) groups is 1. The number of hydrogen-bond donors (Lipinski definition) is 1. The van der Waals surface area contributed by atoms with Crippen LogP contribution in [0.3, 0.4) is 0 Å². The zero-order chi connectivity index (χ0) is 16.1. The Balaban J connectivity index is 1.73. The van der Waals surface area contributed by atoms with Crippen molar-refractivity contribution in [2.24, 2.45) is 5.10 Å². The van der Waals surface area contributed by atoms with Crippen LogP contribution in [0.4, 0.5) is 0 Å². The molecule has 0 aliphatic carbocycles. The fraction of sp³-hybridized carbons (Fsp3) is 0. The van der Waals surface area contributed by atoms with Gasteiger partial charge in [-0.1, -0.05) is 6.07 Å². The van der Waals surface area contributed by atoms with Crippen molar-refractivity contribution in [1.82, 2.24) is 15.0 Å². The first-order valence-electron chi connectivity index (χ1n) is 6.92. The summed E-state index contributed by atoms with van der Waals surface area (Å²) in [6.07, 6.45) is 5.13. The lowest BCUT2D eigenvalue weighted by molar-refractivity contribution is 0.0950. The van der Waals surface area contributed by atoms with Gasteiger partial charge in [0.05, 0.1) is 11.9 Å². The maximum absolute atomic E-state index is 11.9. The fourth-order valence-electron chi connectivity index (χ4n) is 2.05. The molecule has 0 aliphatic rings. The summed E-state index contributed by atoms with van der Waals surface area (Å²) in [4.78, 5) is 15.8. The van der Waals surface area contributed by atoms with Crippen molar-refractivity contribution >= 4 is 34.7 Å². The van der Waals surface area contributed by atoms with Crippen LogP contribution in [0.25, 0.3) is 5.69 Å². The predicted molar refractivity (Wildman–Crippen MR) is 97.8 cm³/mol. The lowest BCUT2D eigenvalue weighted by Gasteiger charge is -2.06. The van der Waals surface area contributed by atoms with Crippen LogP contribution < -0.4 is 5.43 Å². The third-order valence-corrected chi connectivity index (χ3v) is 3.86. The van der Waals surface area contributed by atoms with E-state index in [0.717, 1.165) is 11.4 Å². The molecule has 2 heterocycles. The number of nitrogens with one attached hydrogen (secondary N) is 1. The second-order valence-corrected chi connectivity index (χ2v) is 5.94. The van der Waals surface area contributed by atoms with Crippen LogP contribution >= 0.6 is 22.6 Å². The number of hydrazone groups is 1. The molecule has 0 saturated heterocycles. The van der Waals surface area contributed by atoms with Gasteiger partial charge in [-0.05, 0) is 71.1 Å². The van der Waals surface area contributed by atoms with Gasteiger partial charge in [0.1, 0.15) is 5.69 Å². The Hall–Kier alpha value is -2.48. The van der Waals surface area contributed by atoms with E-state index in [2.05, 4.69) is 38.1 Å². The average molecular weight is 416 g/mol. The van der Waals surface area contributed by atoms with E-state index in [9.17, 15) is 4.79 Å². The van der Waals surface area contributed by atoms with Gasteiger partial charge in [0.2, 0.25) is 0 Å². The van der Waals surface area contributed by atoms with Gasteiger partial charge in [-0.3, -0.25) is 9.78 Å². The Morgan fingerprint density at radius 2 is 1.96 bits per heavy atom. The zero-order valence-corrected chi connectivity index (χ0v) is 14.2. The summed E-state index contributed by atoms with van der Waals surface area (Å²) in [5, 5.41) is 4.01. The molecule has 0 fully saturated rings. The first kappa shape index (κ1) is 15.4. The number of benzene rings is 1. The molecule has 23 heavy (non-hydrogen) atoms. The zero-order valence-electron chi connectivity index (χ0n) is 12.1. The maximum Gasteiger partial charge on any atom is 0.289 e. The topological polar surface area (TPSA) is 59.3 Å². The summed E-state index contributed by atoms with van der Waals surface area (Å²) in [6, 6.07) is 17.2. The Morgan fingerprint density at radius 1 is 1.13 bits per heavy atom. The molecule has 1 N–H and O–H groups in total. The molecule has 0 bridgehead atoms. The van der Waals surface area contributed by atoms with E-state index < -0.39 is 0 Å². The highest BCUT2D eigenvalue weighted by Gasteiger charge is 2.04. The molecule has 0 saturated carbocycles. The third kappa shape index (κ3) is 3.84. The van der Waals surface area contributed by atoms with Gasteiger partial charge in [-0.25, -0.2) is 5.43 Å². The maximum atomic E-state index is 11.9. The SMILES string of the molecule is O=C(N/N=C\c1cccn1-c1ccc(I)cc1)c1ccccn1. The quantitative estimate of drug-likeness (QED) is 0.404. The van der Waals surface area contributed by atoms with Crippen molar-refractivity contribution in [3.8, 4) is 5.69 Å². The highest BCUT2D eigenvalue weighted by atomic mass is 127. The molecule has 0 radical (unpaired) electrons. The van der Waals surface area contributed by atoms with E-state index >= 15 is 0 Å².